The van der Waals surface area contributed by atoms with Gasteiger partial charge in [0.1, 0.15) is 11.6 Å². The number of aromatic amines is 1. The number of likely N-dealkylation sites (N-methyl/N-ethyl adjacent to an activating group) is 1. The van der Waals surface area contributed by atoms with Crippen LogP contribution < -0.4 is 4.90 Å². The van der Waals surface area contributed by atoms with Crippen molar-refractivity contribution in [3.05, 3.63) is 33.8 Å². The fraction of sp³-hybridized carbons (Fsp3) is 0.364. The number of nitrogens with zero attached hydrogens (tertiary/aromatic N) is 7. The molecule has 2 aromatic rings. The summed E-state index contributed by atoms with van der Waals surface area (Å²) in [7, 11) is 1.66. The van der Waals surface area contributed by atoms with Crippen molar-refractivity contribution in [1.82, 2.24) is 25.6 Å². The van der Waals surface area contributed by atoms with E-state index in [1.54, 1.807) is 18.0 Å². The predicted molar refractivity (Wildman–Crippen MR) is 71.5 cm³/mol. The third kappa shape index (κ3) is 2.92. The van der Waals surface area contributed by atoms with Gasteiger partial charge in [-0.25, -0.2) is 4.98 Å². The van der Waals surface area contributed by atoms with Crippen molar-refractivity contribution in [2.45, 2.75) is 12.8 Å². The van der Waals surface area contributed by atoms with E-state index in [1.807, 2.05) is 6.92 Å². The van der Waals surface area contributed by atoms with Crippen LogP contribution in [-0.4, -0.2) is 44.1 Å². The lowest BCUT2D eigenvalue weighted by molar-refractivity contribution is -0.384. The Balaban J connectivity index is 2.29. The van der Waals surface area contributed by atoms with Crippen molar-refractivity contribution < 1.29 is 4.92 Å². The summed E-state index contributed by atoms with van der Waals surface area (Å²) in [5, 5.41) is 33.7. The summed E-state index contributed by atoms with van der Waals surface area (Å²) in [6, 6.07) is 3.12. The molecule has 0 amide bonds. The molecule has 1 atom stereocenters. The van der Waals surface area contributed by atoms with Crippen molar-refractivity contribution in [1.29, 1.82) is 5.26 Å². The summed E-state index contributed by atoms with van der Waals surface area (Å²) >= 11 is 0. The summed E-state index contributed by atoms with van der Waals surface area (Å²) in [4.78, 5) is 16.2. The molecule has 0 saturated heterocycles. The van der Waals surface area contributed by atoms with Crippen LogP contribution in [0.15, 0.2) is 12.3 Å². The van der Waals surface area contributed by atoms with Gasteiger partial charge >= 0.3 is 5.69 Å². The highest BCUT2D eigenvalue weighted by molar-refractivity contribution is 5.65. The minimum atomic E-state index is -0.601. The lowest BCUT2D eigenvalue weighted by Crippen LogP contribution is -2.25. The fourth-order valence-corrected chi connectivity index (χ4v) is 1.95. The van der Waals surface area contributed by atoms with Crippen LogP contribution in [0.4, 0.5) is 11.5 Å². The second-order valence-electron chi connectivity index (χ2n) is 4.45. The summed E-state index contributed by atoms with van der Waals surface area (Å²) in [5.41, 5.74) is -0.327. The lowest BCUT2D eigenvalue weighted by Gasteiger charge is -2.20. The number of hydrogen-bond acceptors (Lipinski definition) is 8. The summed E-state index contributed by atoms with van der Waals surface area (Å²) in [6.07, 6.45) is 1.37. The minimum absolute atomic E-state index is 0.0240. The zero-order chi connectivity index (χ0) is 15.4. The van der Waals surface area contributed by atoms with Gasteiger partial charge in [-0.2, -0.15) is 10.5 Å². The van der Waals surface area contributed by atoms with Gasteiger partial charge in [0.2, 0.25) is 5.82 Å². The van der Waals surface area contributed by atoms with Crippen LogP contribution in [0.25, 0.3) is 0 Å². The van der Waals surface area contributed by atoms with E-state index >= 15 is 0 Å². The molecule has 0 aliphatic carbocycles. The Morgan fingerprint density at radius 1 is 1.62 bits per heavy atom. The average Bonchev–Trinajstić information content (AvgIpc) is 3.00. The number of hydrogen-bond donors (Lipinski definition) is 1. The molecule has 0 saturated carbocycles. The number of aromatic nitrogens is 5. The molecular weight excluding hydrogens is 276 g/mol. The van der Waals surface area contributed by atoms with Crippen LogP contribution >= 0.6 is 0 Å². The average molecular weight is 288 g/mol. The van der Waals surface area contributed by atoms with Crippen LogP contribution in [0.1, 0.15) is 24.2 Å². The molecule has 0 bridgehead atoms. The first-order valence-corrected chi connectivity index (χ1v) is 6.02. The van der Waals surface area contributed by atoms with Crippen LogP contribution in [0.5, 0.6) is 0 Å². The fourth-order valence-electron chi connectivity index (χ4n) is 1.95. The highest BCUT2D eigenvalue weighted by Crippen LogP contribution is 2.29. The maximum absolute atomic E-state index is 11.2. The molecule has 0 aliphatic heterocycles. The van der Waals surface area contributed by atoms with E-state index in [0.717, 1.165) is 0 Å². The molecular formula is C11H12N8O2. The van der Waals surface area contributed by atoms with Gasteiger partial charge < -0.3 is 4.90 Å². The molecule has 2 aromatic heterocycles. The molecule has 108 valence electrons. The van der Waals surface area contributed by atoms with E-state index in [1.165, 1.54) is 12.3 Å². The predicted octanol–water partition coefficient (Wildman–Crippen LogP) is 0.614. The molecule has 2 heterocycles. The number of rotatable bonds is 5. The van der Waals surface area contributed by atoms with Crippen LogP contribution in [0, 0.1) is 21.4 Å². The zero-order valence-corrected chi connectivity index (χ0v) is 11.4. The maximum atomic E-state index is 11.2. The normalized spacial score (nSPS) is 11.7. The topological polar surface area (TPSA) is 138 Å². The van der Waals surface area contributed by atoms with Crippen molar-refractivity contribution in [2.24, 2.45) is 0 Å². The number of nitro groups is 1. The van der Waals surface area contributed by atoms with Gasteiger partial charge in [0.25, 0.3) is 0 Å². The lowest BCUT2D eigenvalue weighted by atomic mass is 10.1. The Morgan fingerprint density at radius 3 is 2.95 bits per heavy atom. The molecule has 0 fully saturated rings. The SMILES string of the molecule is CC(CN(C)c1nccc(C#N)c1[N+](=O)[O-])c1nn[nH]n1. The quantitative estimate of drug-likeness (QED) is 0.624. The number of anilines is 1. The standard InChI is InChI=1S/C11H12N8O2/c1-7(10-14-16-17-15-10)6-18(2)11-9(19(20)21)8(5-12)3-4-13-11/h3-4,7H,6H2,1-2H3,(H,14,15,16,17). The second kappa shape index (κ2) is 5.91. The Labute approximate surface area is 119 Å². The summed E-state index contributed by atoms with van der Waals surface area (Å²) < 4.78 is 0. The van der Waals surface area contributed by atoms with Gasteiger partial charge in [-0.3, -0.25) is 10.1 Å². The molecule has 0 spiro atoms. The zero-order valence-electron chi connectivity index (χ0n) is 11.4. The molecule has 21 heavy (non-hydrogen) atoms. The number of tetrazole rings is 1. The van der Waals surface area contributed by atoms with Gasteiger partial charge in [-0.1, -0.05) is 12.1 Å². The number of nitrogens with one attached hydrogen (secondary N) is 1. The van der Waals surface area contributed by atoms with Crippen LogP contribution in [0.2, 0.25) is 0 Å². The molecule has 10 heteroatoms. The van der Waals surface area contributed by atoms with Crippen LogP contribution in [-0.2, 0) is 0 Å². The largest absolute Gasteiger partial charge is 0.353 e. The van der Waals surface area contributed by atoms with Crippen LogP contribution in [0.3, 0.4) is 0 Å². The molecule has 0 radical (unpaired) electrons. The Morgan fingerprint density at radius 2 is 2.38 bits per heavy atom. The number of H-pyrrole nitrogens is 1. The van der Waals surface area contributed by atoms with Gasteiger partial charge in [0, 0.05) is 25.7 Å². The highest BCUT2D eigenvalue weighted by Gasteiger charge is 2.25. The van der Waals surface area contributed by atoms with E-state index in [9.17, 15) is 10.1 Å². The van der Waals surface area contributed by atoms with Crippen molar-refractivity contribution in [2.75, 3.05) is 18.5 Å². The first kappa shape index (κ1) is 14.3. The van der Waals surface area contributed by atoms with Crippen molar-refractivity contribution in [3.63, 3.8) is 0 Å². The third-order valence-corrected chi connectivity index (χ3v) is 2.92. The van der Waals surface area contributed by atoms with Gasteiger partial charge in [-0.05, 0) is 6.07 Å². The number of nitriles is 1. The minimum Gasteiger partial charge on any atom is -0.353 e. The first-order valence-electron chi connectivity index (χ1n) is 6.02. The summed E-state index contributed by atoms with van der Waals surface area (Å²) in [5.74, 6) is 0.524. The molecule has 0 aromatic carbocycles. The molecule has 2 rings (SSSR count). The maximum Gasteiger partial charge on any atom is 0.329 e. The number of pyridine rings is 1. The highest BCUT2D eigenvalue weighted by atomic mass is 16.6. The Hall–Kier alpha value is -3.09. The molecule has 10 nitrogen and oxygen atoms in total. The Bertz CT molecular complexity index is 678. The van der Waals surface area contributed by atoms with Gasteiger partial charge in [-0.15, -0.1) is 10.2 Å². The smallest absolute Gasteiger partial charge is 0.329 e. The third-order valence-electron chi connectivity index (χ3n) is 2.92. The second-order valence-corrected chi connectivity index (χ2v) is 4.45. The van der Waals surface area contributed by atoms with E-state index < -0.39 is 4.92 Å². The van der Waals surface area contributed by atoms with Crippen molar-refractivity contribution >= 4 is 11.5 Å². The van der Waals surface area contributed by atoms with E-state index in [2.05, 4.69) is 25.6 Å². The van der Waals surface area contributed by atoms with Crippen molar-refractivity contribution in [3.8, 4) is 6.07 Å². The first-order chi connectivity index (χ1) is 10.0. The van der Waals surface area contributed by atoms with Gasteiger partial charge in [0.15, 0.2) is 5.82 Å². The van der Waals surface area contributed by atoms with E-state index in [4.69, 9.17) is 5.26 Å². The summed E-state index contributed by atoms with van der Waals surface area (Å²) in [6.45, 7) is 2.25. The molecule has 0 aliphatic rings. The van der Waals surface area contributed by atoms with E-state index in [-0.39, 0.29) is 23.0 Å². The molecule has 1 N–H and O–H groups in total. The Kier molecular flexibility index (Phi) is 4.03. The van der Waals surface area contributed by atoms with E-state index in [0.29, 0.717) is 12.4 Å². The van der Waals surface area contributed by atoms with Gasteiger partial charge in [0.05, 0.1) is 4.92 Å². The monoisotopic (exact) mass is 288 g/mol. The molecule has 1 unspecified atom stereocenters.